The lowest BCUT2D eigenvalue weighted by atomic mass is 10.1. The second-order valence-corrected chi connectivity index (χ2v) is 10.5. The van der Waals surface area contributed by atoms with Gasteiger partial charge in [-0.25, -0.2) is 0 Å². The Balaban J connectivity index is 1.45. The molecule has 1 aliphatic heterocycles. The highest BCUT2D eigenvalue weighted by molar-refractivity contribution is 6.02. The van der Waals surface area contributed by atoms with E-state index in [1.807, 2.05) is 55.2 Å². The number of hydrogen-bond donors (Lipinski definition) is 3. The Labute approximate surface area is 245 Å². The first-order valence-corrected chi connectivity index (χ1v) is 13.9. The van der Waals surface area contributed by atoms with Crippen molar-refractivity contribution in [3.8, 4) is 17.1 Å². The molecule has 0 bridgehead atoms. The predicted molar refractivity (Wildman–Crippen MR) is 168 cm³/mol. The van der Waals surface area contributed by atoms with Gasteiger partial charge in [-0.2, -0.15) is 15.0 Å². The molecule has 0 radical (unpaired) electrons. The second kappa shape index (κ2) is 12.5. The highest BCUT2D eigenvalue weighted by atomic mass is 16.5. The number of rotatable bonds is 10. The maximum atomic E-state index is 12.4. The molecule has 12 heteroatoms. The van der Waals surface area contributed by atoms with Crippen molar-refractivity contribution < 1.29 is 9.53 Å². The van der Waals surface area contributed by atoms with E-state index in [9.17, 15) is 4.79 Å². The molecule has 2 aromatic carbocycles. The van der Waals surface area contributed by atoms with Gasteiger partial charge in [0.25, 0.3) is 0 Å². The van der Waals surface area contributed by atoms with Crippen molar-refractivity contribution in [2.75, 3.05) is 81.7 Å². The van der Waals surface area contributed by atoms with Crippen LogP contribution in [0.25, 0.3) is 22.3 Å². The van der Waals surface area contributed by atoms with E-state index in [1.165, 1.54) is 6.08 Å². The fourth-order valence-electron chi connectivity index (χ4n) is 5.13. The van der Waals surface area contributed by atoms with Gasteiger partial charge in [0.1, 0.15) is 5.75 Å². The number of benzene rings is 2. The van der Waals surface area contributed by atoms with E-state index in [4.69, 9.17) is 10.5 Å². The van der Waals surface area contributed by atoms with E-state index in [0.29, 0.717) is 22.9 Å². The van der Waals surface area contributed by atoms with E-state index < -0.39 is 0 Å². The van der Waals surface area contributed by atoms with Crippen molar-refractivity contribution in [2.45, 2.75) is 0 Å². The second-order valence-electron chi connectivity index (χ2n) is 10.5. The van der Waals surface area contributed by atoms with Crippen LogP contribution in [0.5, 0.6) is 5.75 Å². The SMILES string of the molecule is C=CC(=O)Nc1cc(Nc2nc(N)nc(-c3cn(C)c4ccccc34)n2)c(OC)cc1N(C)CCN1CCN(C)CC1. The lowest BCUT2D eigenvalue weighted by Gasteiger charge is -2.34. The summed E-state index contributed by atoms with van der Waals surface area (Å²) in [5.74, 6) is 1.01. The zero-order valence-corrected chi connectivity index (χ0v) is 24.6. The Morgan fingerprint density at radius 2 is 1.88 bits per heavy atom. The van der Waals surface area contributed by atoms with Gasteiger partial charge in [-0.3, -0.25) is 9.69 Å². The van der Waals surface area contributed by atoms with Crippen LogP contribution in [0, 0.1) is 0 Å². The number of ether oxygens (including phenoxy) is 1. The number of para-hydroxylation sites is 1. The summed E-state index contributed by atoms with van der Waals surface area (Å²) in [4.78, 5) is 32.7. The Bertz CT molecular complexity index is 1590. The van der Waals surface area contributed by atoms with Gasteiger partial charge in [0.15, 0.2) is 5.82 Å². The van der Waals surface area contributed by atoms with Crippen LogP contribution in [0.15, 0.2) is 55.3 Å². The van der Waals surface area contributed by atoms with Gasteiger partial charge in [0, 0.05) is 82.1 Å². The average molecular weight is 571 g/mol. The summed E-state index contributed by atoms with van der Waals surface area (Å²) in [6.45, 7) is 9.47. The molecule has 220 valence electrons. The topological polar surface area (TPSA) is 130 Å². The number of carbonyl (C=O) groups is 1. The Morgan fingerprint density at radius 1 is 1.12 bits per heavy atom. The predicted octanol–water partition coefficient (Wildman–Crippen LogP) is 3.17. The molecule has 3 heterocycles. The molecular formula is C30H38N10O2. The number of piperazine rings is 1. The van der Waals surface area contributed by atoms with E-state index in [0.717, 1.165) is 61.4 Å². The largest absolute Gasteiger partial charge is 0.494 e. The first-order valence-electron chi connectivity index (χ1n) is 13.9. The molecule has 0 saturated carbocycles. The summed E-state index contributed by atoms with van der Waals surface area (Å²) in [5.41, 5.74) is 9.99. The number of amides is 1. The van der Waals surface area contributed by atoms with Crippen molar-refractivity contribution in [3.05, 3.63) is 55.3 Å². The van der Waals surface area contributed by atoms with Crippen molar-refractivity contribution in [3.63, 3.8) is 0 Å². The van der Waals surface area contributed by atoms with Gasteiger partial charge >= 0.3 is 0 Å². The van der Waals surface area contributed by atoms with Gasteiger partial charge in [-0.05, 0) is 25.3 Å². The summed E-state index contributed by atoms with van der Waals surface area (Å²) in [7, 11) is 7.73. The van der Waals surface area contributed by atoms with Gasteiger partial charge < -0.3 is 35.5 Å². The number of aryl methyl sites for hydroxylation is 1. The zero-order valence-electron chi connectivity index (χ0n) is 24.6. The number of hydrogen-bond acceptors (Lipinski definition) is 10. The molecule has 12 nitrogen and oxygen atoms in total. The van der Waals surface area contributed by atoms with Crippen molar-refractivity contribution in [2.24, 2.45) is 7.05 Å². The van der Waals surface area contributed by atoms with Gasteiger partial charge in [0.05, 0.1) is 24.2 Å². The number of anilines is 5. The molecule has 1 amide bonds. The van der Waals surface area contributed by atoms with E-state index in [1.54, 1.807) is 13.2 Å². The number of nitrogen functional groups attached to an aromatic ring is 1. The number of carbonyl (C=O) groups excluding carboxylic acids is 1. The lowest BCUT2D eigenvalue weighted by molar-refractivity contribution is -0.111. The third kappa shape index (κ3) is 6.29. The molecule has 0 atom stereocenters. The molecular weight excluding hydrogens is 532 g/mol. The number of methoxy groups -OCH3 is 1. The van der Waals surface area contributed by atoms with Crippen molar-refractivity contribution in [1.82, 2.24) is 29.3 Å². The van der Waals surface area contributed by atoms with E-state index in [2.05, 4.69) is 53.9 Å². The molecule has 1 aliphatic rings. The minimum Gasteiger partial charge on any atom is -0.494 e. The first-order chi connectivity index (χ1) is 20.2. The fraction of sp³-hybridized carbons (Fsp3) is 0.333. The van der Waals surface area contributed by atoms with Gasteiger partial charge in [-0.1, -0.05) is 24.8 Å². The summed E-state index contributed by atoms with van der Waals surface area (Å²) in [6, 6.07) is 11.7. The highest BCUT2D eigenvalue weighted by Crippen LogP contribution is 2.38. The van der Waals surface area contributed by atoms with Crippen LogP contribution >= 0.6 is 0 Å². The van der Waals surface area contributed by atoms with Crippen LogP contribution in [0.1, 0.15) is 0 Å². The van der Waals surface area contributed by atoms with E-state index in [-0.39, 0.29) is 17.8 Å². The number of nitrogens with zero attached hydrogens (tertiary/aromatic N) is 7. The Hall–Kier alpha value is -4.68. The molecule has 2 aromatic heterocycles. The standard InChI is InChI=1S/C30H38N10O2/c1-6-27(41)32-22-17-23(26(42-5)18-25(22)38(3)13-16-40-14-11-37(2)12-15-40)33-30-35-28(34-29(31)36-30)21-19-39(4)24-10-8-7-9-20(21)24/h6-10,17-19H,1,11-16H2,2-5H3,(H,32,41)(H3,31,33,34,35,36). The number of nitrogens with one attached hydrogen (secondary N) is 2. The quantitative estimate of drug-likeness (QED) is 0.245. The molecule has 0 unspecified atom stereocenters. The number of nitrogens with two attached hydrogens (primary N) is 1. The zero-order chi connectivity index (χ0) is 29.8. The monoisotopic (exact) mass is 570 g/mol. The van der Waals surface area contributed by atoms with Crippen LogP contribution in [0.2, 0.25) is 0 Å². The molecule has 4 aromatic rings. The average Bonchev–Trinajstić information content (AvgIpc) is 3.33. The third-order valence-corrected chi connectivity index (χ3v) is 7.56. The summed E-state index contributed by atoms with van der Waals surface area (Å²) in [5, 5.41) is 7.18. The maximum Gasteiger partial charge on any atom is 0.247 e. The summed E-state index contributed by atoms with van der Waals surface area (Å²) in [6.07, 6.45) is 3.22. The number of fused-ring (bicyclic) bond motifs is 1. The molecule has 0 spiro atoms. The van der Waals surface area contributed by atoms with Crippen LogP contribution in [-0.4, -0.2) is 95.7 Å². The minimum atomic E-state index is -0.317. The van der Waals surface area contributed by atoms with Gasteiger partial charge in [0.2, 0.25) is 17.8 Å². The molecule has 1 fully saturated rings. The van der Waals surface area contributed by atoms with Crippen LogP contribution in [0.3, 0.4) is 0 Å². The Kier molecular flexibility index (Phi) is 8.55. The maximum absolute atomic E-state index is 12.4. The van der Waals surface area contributed by atoms with Crippen molar-refractivity contribution >= 4 is 45.8 Å². The number of aromatic nitrogens is 4. The van der Waals surface area contributed by atoms with Crippen molar-refractivity contribution in [1.29, 1.82) is 0 Å². The highest BCUT2D eigenvalue weighted by Gasteiger charge is 2.20. The summed E-state index contributed by atoms with van der Waals surface area (Å²) < 4.78 is 7.79. The van der Waals surface area contributed by atoms with Crippen LogP contribution < -0.4 is 26.0 Å². The van der Waals surface area contributed by atoms with Gasteiger partial charge in [-0.15, -0.1) is 0 Å². The van der Waals surface area contributed by atoms with Crippen LogP contribution in [0.4, 0.5) is 29.0 Å². The lowest BCUT2D eigenvalue weighted by Crippen LogP contribution is -2.46. The smallest absolute Gasteiger partial charge is 0.247 e. The summed E-state index contributed by atoms with van der Waals surface area (Å²) >= 11 is 0. The molecule has 5 rings (SSSR count). The third-order valence-electron chi connectivity index (χ3n) is 7.56. The Morgan fingerprint density at radius 3 is 2.62 bits per heavy atom. The molecule has 4 N–H and O–H groups in total. The minimum absolute atomic E-state index is 0.0786. The molecule has 1 saturated heterocycles. The number of likely N-dealkylation sites (N-methyl/N-ethyl adjacent to an activating group) is 2. The normalized spacial score (nSPS) is 14.1. The molecule has 0 aliphatic carbocycles. The van der Waals surface area contributed by atoms with Crippen LogP contribution in [-0.2, 0) is 11.8 Å². The van der Waals surface area contributed by atoms with E-state index >= 15 is 0 Å². The fourth-order valence-corrected chi connectivity index (χ4v) is 5.13. The molecule has 42 heavy (non-hydrogen) atoms. The first kappa shape index (κ1) is 28.8.